The third kappa shape index (κ3) is 1.53. The van der Waals surface area contributed by atoms with E-state index in [0.717, 1.165) is 10.1 Å². The topological polar surface area (TPSA) is 56.0 Å². The summed E-state index contributed by atoms with van der Waals surface area (Å²) in [5.74, 6) is 0.599. The van der Waals surface area contributed by atoms with Gasteiger partial charge >= 0.3 is 0 Å². The molecule has 0 atom stereocenters. The summed E-state index contributed by atoms with van der Waals surface area (Å²) in [6.45, 7) is 0. The highest BCUT2D eigenvalue weighted by atomic mass is 79.9. The highest BCUT2D eigenvalue weighted by Gasteiger charge is 2.07. The van der Waals surface area contributed by atoms with Crippen molar-refractivity contribution in [2.45, 2.75) is 0 Å². The van der Waals surface area contributed by atoms with E-state index in [0.29, 0.717) is 16.7 Å². The third-order valence-electron chi connectivity index (χ3n) is 1.94. The van der Waals surface area contributed by atoms with Crippen LogP contribution in [0.5, 0.6) is 0 Å². The van der Waals surface area contributed by atoms with E-state index in [-0.39, 0.29) is 5.78 Å². The molecule has 0 saturated carbocycles. The molecule has 1 aromatic carbocycles. The van der Waals surface area contributed by atoms with Crippen molar-refractivity contribution >= 4 is 49.1 Å². The normalized spacial score (nSPS) is 10.6. The predicted octanol–water partition coefficient (Wildman–Crippen LogP) is 2.46. The largest absolute Gasteiger partial charge is 0.382 e. The third-order valence-corrected chi connectivity index (χ3v) is 3.27. The lowest BCUT2D eigenvalue weighted by Crippen LogP contribution is -1.98. The number of benzene rings is 1. The number of anilines is 1. The maximum atomic E-state index is 11.4. The molecule has 0 amide bonds. The van der Waals surface area contributed by atoms with Crippen molar-refractivity contribution in [2.75, 3.05) is 11.1 Å². The molecule has 1 aromatic heterocycles. The molecule has 14 heavy (non-hydrogen) atoms. The molecule has 0 radical (unpaired) electrons. The first-order chi connectivity index (χ1) is 6.72. The molecule has 0 bridgehead atoms. The average Bonchev–Trinajstić information content (AvgIpc) is 2.59. The van der Waals surface area contributed by atoms with Crippen LogP contribution in [0.1, 0.15) is 10.4 Å². The Morgan fingerprint density at radius 2 is 2.36 bits per heavy atom. The van der Waals surface area contributed by atoms with Crippen LogP contribution in [0.3, 0.4) is 0 Å². The van der Waals surface area contributed by atoms with Crippen molar-refractivity contribution in [1.29, 1.82) is 0 Å². The molecular weight excluding hydrogens is 264 g/mol. The summed E-state index contributed by atoms with van der Waals surface area (Å²) < 4.78 is 4.97. The number of rotatable bonds is 2. The minimum Gasteiger partial charge on any atom is -0.382 e. The number of carbonyl (C=O) groups is 1. The second-order valence-electron chi connectivity index (χ2n) is 2.84. The average molecular weight is 271 g/mol. The Morgan fingerprint density at radius 3 is 3.07 bits per heavy atom. The number of hydrogen-bond donors (Lipinski definition) is 1. The van der Waals surface area contributed by atoms with Gasteiger partial charge < -0.3 is 5.73 Å². The van der Waals surface area contributed by atoms with E-state index < -0.39 is 0 Å². The molecule has 3 nitrogen and oxygen atoms in total. The van der Waals surface area contributed by atoms with Gasteiger partial charge in [0.15, 0.2) is 5.78 Å². The van der Waals surface area contributed by atoms with Gasteiger partial charge in [0.1, 0.15) is 5.82 Å². The highest BCUT2D eigenvalue weighted by molar-refractivity contribution is 9.09. The summed E-state index contributed by atoms with van der Waals surface area (Å²) in [4.78, 5) is 11.4. The van der Waals surface area contributed by atoms with Crippen LogP contribution in [-0.4, -0.2) is 15.5 Å². The fourth-order valence-electron chi connectivity index (χ4n) is 1.21. The Hall–Kier alpha value is -0.940. The van der Waals surface area contributed by atoms with Gasteiger partial charge in [-0.25, -0.2) is 0 Å². The number of Topliss-reactive ketones (excluding diaryl/α,β-unsaturated/α-hetero) is 1. The van der Waals surface area contributed by atoms with E-state index in [4.69, 9.17) is 5.73 Å². The monoisotopic (exact) mass is 270 g/mol. The Morgan fingerprint density at radius 1 is 1.57 bits per heavy atom. The quantitative estimate of drug-likeness (QED) is 0.674. The number of ketones is 1. The van der Waals surface area contributed by atoms with Crippen LogP contribution in [0.4, 0.5) is 5.82 Å². The molecular formula is C9H7BrN2OS. The molecule has 0 aliphatic carbocycles. The lowest BCUT2D eigenvalue weighted by Gasteiger charge is -1.96. The molecule has 0 aliphatic heterocycles. The Balaban J connectivity index is 2.57. The number of nitrogen functional groups attached to an aromatic ring is 1. The summed E-state index contributed by atoms with van der Waals surface area (Å²) in [7, 11) is 0. The molecule has 2 rings (SSSR count). The van der Waals surface area contributed by atoms with Crippen LogP contribution in [0, 0.1) is 0 Å². The van der Waals surface area contributed by atoms with Gasteiger partial charge in [-0.2, -0.15) is 4.37 Å². The van der Waals surface area contributed by atoms with Crippen LogP contribution in [0.25, 0.3) is 10.1 Å². The molecule has 0 spiro atoms. The number of hydrogen-bond acceptors (Lipinski definition) is 4. The Labute approximate surface area is 93.2 Å². The van der Waals surface area contributed by atoms with Crippen molar-refractivity contribution in [1.82, 2.24) is 4.37 Å². The van der Waals surface area contributed by atoms with Crippen LogP contribution < -0.4 is 5.73 Å². The van der Waals surface area contributed by atoms with Crippen LogP contribution in [-0.2, 0) is 0 Å². The zero-order valence-electron chi connectivity index (χ0n) is 7.16. The smallest absolute Gasteiger partial charge is 0.173 e. The summed E-state index contributed by atoms with van der Waals surface area (Å²) in [6.07, 6.45) is 0. The van der Waals surface area contributed by atoms with Gasteiger partial charge in [0.25, 0.3) is 0 Å². The first kappa shape index (κ1) is 9.61. The SMILES string of the molecule is Nc1nsc2cc(C(=O)CBr)ccc12. The number of carbonyl (C=O) groups excluding carboxylic acids is 1. The standard InChI is InChI=1S/C9H7BrN2OS/c10-4-7(13)5-1-2-6-8(3-5)14-12-9(6)11/h1-3H,4H2,(H2,11,12). The maximum absolute atomic E-state index is 11.4. The highest BCUT2D eigenvalue weighted by Crippen LogP contribution is 2.25. The van der Waals surface area contributed by atoms with Gasteiger partial charge in [-0.05, 0) is 23.7 Å². The number of nitrogens with two attached hydrogens (primary N) is 1. The first-order valence-corrected chi connectivity index (χ1v) is 5.86. The molecule has 0 aliphatic rings. The molecule has 1 heterocycles. The fraction of sp³-hybridized carbons (Fsp3) is 0.111. The van der Waals surface area contributed by atoms with Crippen LogP contribution in [0.15, 0.2) is 18.2 Å². The van der Waals surface area contributed by atoms with Crippen LogP contribution in [0.2, 0.25) is 0 Å². The lowest BCUT2D eigenvalue weighted by atomic mass is 10.1. The molecule has 0 fully saturated rings. The number of halogens is 1. The van der Waals surface area contributed by atoms with Crippen molar-refractivity contribution in [3.8, 4) is 0 Å². The van der Waals surface area contributed by atoms with Gasteiger partial charge in [-0.1, -0.05) is 22.0 Å². The summed E-state index contributed by atoms with van der Waals surface area (Å²) in [5.41, 5.74) is 6.33. The Bertz CT molecular complexity index is 495. The summed E-state index contributed by atoms with van der Waals surface area (Å²) in [5, 5.41) is 1.26. The second kappa shape index (κ2) is 3.67. The van der Waals surface area contributed by atoms with Gasteiger partial charge in [-0.3, -0.25) is 4.79 Å². The molecule has 2 N–H and O–H groups in total. The molecule has 5 heteroatoms. The number of fused-ring (bicyclic) bond motifs is 1. The number of aromatic nitrogens is 1. The second-order valence-corrected chi connectivity index (χ2v) is 4.20. The Kier molecular flexibility index (Phi) is 2.52. The molecule has 0 saturated heterocycles. The number of nitrogens with zero attached hydrogens (tertiary/aromatic N) is 1. The van der Waals surface area contributed by atoms with Crippen molar-refractivity contribution in [3.63, 3.8) is 0 Å². The zero-order valence-corrected chi connectivity index (χ0v) is 9.56. The molecule has 2 aromatic rings. The van der Waals surface area contributed by atoms with Gasteiger partial charge in [0.05, 0.1) is 10.0 Å². The van der Waals surface area contributed by atoms with Crippen molar-refractivity contribution < 1.29 is 4.79 Å². The minimum absolute atomic E-state index is 0.0684. The van der Waals surface area contributed by atoms with E-state index in [9.17, 15) is 4.79 Å². The van der Waals surface area contributed by atoms with E-state index >= 15 is 0 Å². The predicted molar refractivity (Wildman–Crippen MR) is 62.2 cm³/mol. The first-order valence-electron chi connectivity index (χ1n) is 3.96. The molecule has 0 unspecified atom stereocenters. The van der Waals surface area contributed by atoms with E-state index in [1.165, 1.54) is 11.5 Å². The van der Waals surface area contributed by atoms with Crippen LogP contribution >= 0.6 is 27.5 Å². The van der Waals surface area contributed by atoms with Crippen molar-refractivity contribution in [2.24, 2.45) is 0 Å². The van der Waals surface area contributed by atoms with Crippen molar-refractivity contribution in [3.05, 3.63) is 23.8 Å². The summed E-state index contributed by atoms with van der Waals surface area (Å²) in [6, 6.07) is 5.44. The minimum atomic E-state index is 0.0684. The van der Waals surface area contributed by atoms with E-state index in [1.54, 1.807) is 6.07 Å². The number of alkyl halides is 1. The van der Waals surface area contributed by atoms with E-state index in [2.05, 4.69) is 20.3 Å². The molecule has 72 valence electrons. The van der Waals surface area contributed by atoms with E-state index in [1.807, 2.05) is 12.1 Å². The lowest BCUT2D eigenvalue weighted by molar-refractivity contribution is 0.102. The van der Waals surface area contributed by atoms with Gasteiger partial charge in [0, 0.05) is 10.9 Å². The van der Waals surface area contributed by atoms with Gasteiger partial charge in [0.2, 0.25) is 0 Å². The summed E-state index contributed by atoms with van der Waals surface area (Å²) >= 11 is 4.45. The van der Waals surface area contributed by atoms with Gasteiger partial charge in [-0.15, -0.1) is 0 Å². The zero-order chi connectivity index (χ0) is 10.1. The fourth-order valence-corrected chi connectivity index (χ4v) is 2.28. The maximum Gasteiger partial charge on any atom is 0.173 e.